The van der Waals surface area contributed by atoms with Crippen molar-refractivity contribution in [3.63, 3.8) is 0 Å². The molecule has 0 aliphatic heterocycles. The van der Waals surface area contributed by atoms with Crippen LogP contribution in [0.3, 0.4) is 0 Å². The Kier molecular flexibility index (Phi) is 3.58. The molecule has 4 rings (SSSR count). The third kappa shape index (κ3) is 2.83. The molecule has 0 saturated carbocycles. The Bertz CT molecular complexity index is 515. The topological polar surface area (TPSA) is 25.8 Å². The van der Waals surface area contributed by atoms with Gasteiger partial charge in [0.1, 0.15) is 0 Å². The fourth-order valence-corrected chi connectivity index (χ4v) is 2.99. The van der Waals surface area contributed by atoms with Crippen LogP contribution in [-0.2, 0) is 25.7 Å². The molecule has 98 valence electrons. The van der Waals surface area contributed by atoms with E-state index >= 15 is 0 Å². The molecule has 0 fully saturated rings. The Labute approximate surface area is 114 Å². The van der Waals surface area contributed by atoms with Crippen LogP contribution in [0.4, 0.5) is 0 Å². The lowest BCUT2D eigenvalue weighted by Crippen LogP contribution is -1.90. The highest BCUT2D eigenvalue weighted by Gasteiger charge is 2.17. The lowest BCUT2D eigenvalue weighted by atomic mass is 10.1. The average Bonchev–Trinajstić information content (AvgIpc) is 3.03. The lowest BCUT2D eigenvalue weighted by molar-refractivity contribution is 0.623. The summed E-state index contributed by atoms with van der Waals surface area (Å²) in [5, 5.41) is 0. The van der Waals surface area contributed by atoms with Crippen molar-refractivity contribution in [2.45, 2.75) is 39.0 Å². The number of hydrogen-bond acceptors (Lipinski definition) is 2. The Morgan fingerprint density at radius 3 is 2.37 bits per heavy atom. The zero-order valence-corrected chi connectivity index (χ0v) is 11.5. The van der Waals surface area contributed by atoms with E-state index < -0.39 is 0 Å². The van der Waals surface area contributed by atoms with Gasteiger partial charge in [0.25, 0.3) is 0 Å². The standard InChI is InChI=1S/C9H11N.C8H9N/c1-7-5-8-3-2-4-10-9(8)6-7;1-3-7-4-2-6-9-8(7)5-1/h2-4,7H,5-6H2,1H3;2,4,6H,1,3,5H2/t7-;/m1./s1. The lowest BCUT2D eigenvalue weighted by Gasteiger charge is -1.92. The van der Waals surface area contributed by atoms with Crippen LogP contribution < -0.4 is 0 Å². The zero-order chi connectivity index (χ0) is 13.1. The fourth-order valence-electron chi connectivity index (χ4n) is 2.99. The van der Waals surface area contributed by atoms with Gasteiger partial charge in [-0.2, -0.15) is 0 Å². The average molecular weight is 252 g/mol. The molecule has 1 atom stereocenters. The molecule has 2 heteroatoms. The van der Waals surface area contributed by atoms with E-state index in [9.17, 15) is 0 Å². The summed E-state index contributed by atoms with van der Waals surface area (Å²) in [7, 11) is 0. The molecule has 2 nitrogen and oxygen atoms in total. The van der Waals surface area contributed by atoms with Crippen molar-refractivity contribution in [2.24, 2.45) is 5.92 Å². The van der Waals surface area contributed by atoms with Gasteiger partial charge in [0, 0.05) is 23.8 Å². The van der Waals surface area contributed by atoms with E-state index in [2.05, 4.69) is 29.0 Å². The van der Waals surface area contributed by atoms with Crippen LogP contribution in [0.15, 0.2) is 36.7 Å². The van der Waals surface area contributed by atoms with Gasteiger partial charge in [-0.15, -0.1) is 0 Å². The summed E-state index contributed by atoms with van der Waals surface area (Å²) in [6.45, 7) is 2.28. The molecule has 0 N–H and O–H groups in total. The first kappa shape index (κ1) is 12.3. The molecule has 0 saturated heterocycles. The van der Waals surface area contributed by atoms with E-state index in [1.165, 1.54) is 54.6 Å². The second kappa shape index (κ2) is 5.52. The summed E-state index contributed by atoms with van der Waals surface area (Å²) in [5.74, 6) is 0.810. The van der Waals surface area contributed by atoms with Crippen molar-refractivity contribution < 1.29 is 0 Å². The van der Waals surface area contributed by atoms with Crippen molar-refractivity contribution in [1.82, 2.24) is 9.97 Å². The largest absolute Gasteiger partial charge is 0.261 e. The van der Waals surface area contributed by atoms with Gasteiger partial charge in [-0.05, 0) is 61.3 Å². The maximum absolute atomic E-state index is 4.31. The highest BCUT2D eigenvalue weighted by Crippen LogP contribution is 2.23. The van der Waals surface area contributed by atoms with E-state index in [1.54, 1.807) is 0 Å². The van der Waals surface area contributed by atoms with E-state index in [4.69, 9.17) is 0 Å². The molecule has 0 radical (unpaired) electrons. The second-order valence-corrected chi connectivity index (χ2v) is 5.59. The third-order valence-corrected chi connectivity index (χ3v) is 3.94. The molecule has 2 aromatic rings. The number of hydrogen-bond donors (Lipinski definition) is 0. The van der Waals surface area contributed by atoms with Gasteiger partial charge in [0.05, 0.1) is 0 Å². The van der Waals surface area contributed by atoms with Gasteiger partial charge in [0.15, 0.2) is 0 Å². The van der Waals surface area contributed by atoms with Gasteiger partial charge in [0.2, 0.25) is 0 Å². The minimum Gasteiger partial charge on any atom is -0.261 e. The van der Waals surface area contributed by atoms with Gasteiger partial charge in [-0.1, -0.05) is 19.1 Å². The number of fused-ring (bicyclic) bond motifs is 2. The summed E-state index contributed by atoms with van der Waals surface area (Å²) in [6.07, 6.45) is 9.89. The van der Waals surface area contributed by atoms with Gasteiger partial charge < -0.3 is 0 Å². The van der Waals surface area contributed by atoms with Crippen LogP contribution in [0, 0.1) is 5.92 Å². The third-order valence-electron chi connectivity index (χ3n) is 3.94. The molecule has 0 aromatic carbocycles. The summed E-state index contributed by atoms with van der Waals surface area (Å²) in [5.41, 5.74) is 5.54. The number of aromatic nitrogens is 2. The fraction of sp³-hybridized carbons (Fsp3) is 0.412. The van der Waals surface area contributed by atoms with Crippen molar-refractivity contribution in [1.29, 1.82) is 0 Å². The second-order valence-electron chi connectivity index (χ2n) is 5.59. The predicted molar refractivity (Wildman–Crippen MR) is 77.1 cm³/mol. The summed E-state index contributed by atoms with van der Waals surface area (Å²) in [4.78, 5) is 8.57. The van der Waals surface area contributed by atoms with E-state index in [0.717, 1.165) is 5.92 Å². The highest BCUT2D eigenvalue weighted by atomic mass is 14.7. The molecule has 19 heavy (non-hydrogen) atoms. The first-order valence-corrected chi connectivity index (χ1v) is 7.18. The molecule has 2 heterocycles. The minimum absolute atomic E-state index is 0.810. The van der Waals surface area contributed by atoms with E-state index in [1.807, 2.05) is 24.5 Å². The number of rotatable bonds is 0. The molecule has 0 bridgehead atoms. The van der Waals surface area contributed by atoms with Gasteiger partial charge >= 0.3 is 0 Å². The monoisotopic (exact) mass is 252 g/mol. The SMILES string of the molecule is C[C@@H]1Cc2cccnc2C1.c1cnc2c(c1)CCC2. The summed E-state index contributed by atoms with van der Waals surface area (Å²) < 4.78 is 0. The first-order valence-electron chi connectivity index (χ1n) is 7.18. The predicted octanol–water partition coefficient (Wildman–Crippen LogP) is 3.39. The number of pyridine rings is 2. The molecular formula is C17H20N2. The highest BCUT2D eigenvalue weighted by molar-refractivity contribution is 5.25. The summed E-state index contributed by atoms with van der Waals surface area (Å²) >= 11 is 0. The Morgan fingerprint density at radius 1 is 0.895 bits per heavy atom. The van der Waals surface area contributed by atoms with Crippen LogP contribution in [0.5, 0.6) is 0 Å². The number of nitrogens with zero attached hydrogens (tertiary/aromatic N) is 2. The Hall–Kier alpha value is -1.70. The Balaban J connectivity index is 0.000000117. The van der Waals surface area contributed by atoms with Crippen molar-refractivity contribution >= 4 is 0 Å². The van der Waals surface area contributed by atoms with E-state index in [0.29, 0.717) is 0 Å². The number of aryl methyl sites for hydroxylation is 2. The molecule has 2 aliphatic rings. The van der Waals surface area contributed by atoms with Gasteiger partial charge in [-0.3, -0.25) is 9.97 Å². The van der Waals surface area contributed by atoms with Crippen LogP contribution >= 0.6 is 0 Å². The van der Waals surface area contributed by atoms with Crippen LogP contribution in [-0.4, -0.2) is 9.97 Å². The van der Waals surface area contributed by atoms with Crippen molar-refractivity contribution in [3.8, 4) is 0 Å². The quantitative estimate of drug-likeness (QED) is 0.718. The molecule has 2 aliphatic carbocycles. The van der Waals surface area contributed by atoms with Crippen LogP contribution in [0.1, 0.15) is 35.9 Å². The molecule has 0 unspecified atom stereocenters. The smallest absolute Gasteiger partial charge is 0.0438 e. The summed E-state index contributed by atoms with van der Waals surface area (Å²) in [6, 6.07) is 8.40. The normalized spacial score (nSPS) is 19.3. The van der Waals surface area contributed by atoms with Crippen molar-refractivity contribution in [3.05, 3.63) is 59.2 Å². The minimum atomic E-state index is 0.810. The molecule has 0 amide bonds. The maximum Gasteiger partial charge on any atom is 0.0438 e. The first-order chi connectivity index (χ1) is 9.33. The zero-order valence-electron chi connectivity index (χ0n) is 11.5. The molecular weight excluding hydrogens is 232 g/mol. The van der Waals surface area contributed by atoms with Gasteiger partial charge in [-0.25, -0.2) is 0 Å². The molecule has 0 spiro atoms. The Morgan fingerprint density at radius 2 is 1.63 bits per heavy atom. The van der Waals surface area contributed by atoms with Crippen molar-refractivity contribution in [2.75, 3.05) is 0 Å². The van der Waals surface area contributed by atoms with Crippen LogP contribution in [0.2, 0.25) is 0 Å². The maximum atomic E-state index is 4.31. The van der Waals surface area contributed by atoms with E-state index in [-0.39, 0.29) is 0 Å². The van der Waals surface area contributed by atoms with Crippen LogP contribution in [0.25, 0.3) is 0 Å². The molecule has 2 aromatic heterocycles.